The van der Waals surface area contributed by atoms with Gasteiger partial charge in [-0.15, -0.1) is 0 Å². The molecule has 3 N–H and O–H groups in total. The van der Waals surface area contributed by atoms with Gasteiger partial charge in [0.1, 0.15) is 18.3 Å². The van der Waals surface area contributed by atoms with Gasteiger partial charge in [-0.1, -0.05) is 0 Å². The SMILES string of the molecule is O=C1CN(C(=O)c2ccc(Br)c(O)c2)C(C(=O)O)CN1. The fraction of sp³-hybridized carbons (Fsp3) is 0.250. The maximum absolute atomic E-state index is 12.3. The summed E-state index contributed by atoms with van der Waals surface area (Å²) in [5.41, 5.74) is 0.117. The Morgan fingerprint density at radius 3 is 2.70 bits per heavy atom. The second-order valence-electron chi connectivity index (χ2n) is 4.26. The van der Waals surface area contributed by atoms with Crippen molar-refractivity contribution in [1.29, 1.82) is 0 Å². The summed E-state index contributed by atoms with van der Waals surface area (Å²) in [5, 5.41) is 21.0. The Hall–Kier alpha value is -2.09. The maximum atomic E-state index is 12.3. The van der Waals surface area contributed by atoms with Crippen LogP contribution in [-0.2, 0) is 9.59 Å². The van der Waals surface area contributed by atoms with E-state index in [1.165, 1.54) is 18.2 Å². The Bertz CT molecular complexity index is 589. The molecular weight excluding hydrogens is 332 g/mol. The minimum absolute atomic E-state index is 0.117. The van der Waals surface area contributed by atoms with E-state index in [1.807, 2.05) is 0 Å². The molecule has 8 heteroatoms. The van der Waals surface area contributed by atoms with Crippen molar-refractivity contribution < 1.29 is 24.6 Å². The molecule has 1 aliphatic heterocycles. The summed E-state index contributed by atoms with van der Waals surface area (Å²) in [6.45, 7) is -0.463. The number of phenolic OH excluding ortho intramolecular Hbond substituents is 1. The van der Waals surface area contributed by atoms with Crippen LogP contribution >= 0.6 is 15.9 Å². The third-order valence-electron chi connectivity index (χ3n) is 2.92. The van der Waals surface area contributed by atoms with Gasteiger partial charge in [-0.2, -0.15) is 0 Å². The summed E-state index contributed by atoms with van der Waals surface area (Å²) in [6.07, 6.45) is 0. The average molecular weight is 343 g/mol. The minimum Gasteiger partial charge on any atom is -0.507 e. The molecule has 0 aliphatic carbocycles. The molecule has 1 unspecified atom stereocenters. The predicted octanol–water partition coefficient (Wildman–Crippen LogP) is 0.180. The van der Waals surface area contributed by atoms with Crippen LogP contribution in [0.1, 0.15) is 10.4 Å². The van der Waals surface area contributed by atoms with Gasteiger partial charge >= 0.3 is 5.97 Å². The largest absolute Gasteiger partial charge is 0.507 e. The molecule has 2 rings (SSSR count). The molecule has 1 heterocycles. The number of amides is 2. The van der Waals surface area contributed by atoms with E-state index in [0.717, 1.165) is 4.90 Å². The van der Waals surface area contributed by atoms with Crippen molar-refractivity contribution in [3.05, 3.63) is 28.2 Å². The van der Waals surface area contributed by atoms with Gasteiger partial charge in [0.05, 0.1) is 4.47 Å². The molecule has 1 aliphatic rings. The normalized spacial score (nSPS) is 18.6. The number of carbonyl (C=O) groups excluding carboxylic acids is 2. The van der Waals surface area contributed by atoms with Gasteiger partial charge in [-0.05, 0) is 34.1 Å². The molecule has 2 amide bonds. The monoisotopic (exact) mass is 342 g/mol. The third-order valence-corrected chi connectivity index (χ3v) is 3.59. The highest BCUT2D eigenvalue weighted by molar-refractivity contribution is 9.10. The Labute approximate surface area is 122 Å². The van der Waals surface area contributed by atoms with Crippen LogP contribution in [0.25, 0.3) is 0 Å². The zero-order chi connectivity index (χ0) is 14.9. The number of carboxylic acid groups (broad SMARTS) is 1. The fourth-order valence-corrected chi connectivity index (χ4v) is 2.13. The fourth-order valence-electron chi connectivity index (χ4n) is 1.89. The number of carbonyl (C=O) groups is 3. The first-order valence-electron chi connectivity index (χ1n) is 5.69. The number of rotatable bonds is 2. The molecular formula is C12H11BrN2O5. The Kier molecular flexibility index (Phi) is 3.93. The van der Waals surface area contributed by atoms with Crippen LogP contribution in [-0.4, -0.2) is 52.0 Å². The van der Waals surface area contributed by atoms with Crippen LogP contribution in [0.3, 0.4) is 0 Å². The quantitative estimate of drug-likeness (QED) is 0.710. The van der Waals surface area contributed by atoms with E-state index in [2.05, 4.69) is 21.2 Å². The number of piperazine rings is 1. The molecule has 7 nitrogen and oxygen atoms in total. The van der Waals surface area contributed by atoms with Crippen molar-refractivity contribution >= 4 is 33.7 Å². The summed E-state index contributed by atoms with van der Waals surface area (Å²) in [7, 11) is 0. The van der Waals surface area contributed by atoms with Crippen molar-refractivity contribution in [1.82, 2.24) is 10.2 Å². The molecule has 0 spiro atoms. The molecule has 1 aromatic rings. The van der Waals surface area contributed by atoms with E-state index in [1.54, 1.807) is 0 Å². The van der Waals surface area contributed by atoms with Gasteiger partial charge in [0, 0.05) is 12.1 Å². The smallest absolute Gasteiger partial charge is 0.328 e. The van der Waals surface area contributed by atoms with E-state index in [0.29, 0.717) is 4.47 Å². The lowest BCUT2D eigenvalue weighted by Crippen LogP contribution is -2.59. The molecule has 106 valence electrons. The first-order chi connectivity index (χ1) is 9.40. The highest BCUT2D eigenvalue weighted by Crippen LogP contribution is 2.25. The minimum atomic E-state index is -1.19. The highest BCUT2D eigenvalue weighted by atomic mass is 79.9. The third kappa shape index (κ3) is 2.74. The number of nitrogens with zero attached hydrogens (tertiary/aromatic N) is 1. The Morgan fingerprint density at radius 1 is 1.40 bits per heavy atom. The van der Waals surface area contributed by atoms with Crippen LogP contribution < -0.4 is 5.32 Å². The van der Waals surface area contributed by atoms with Crippen molar-refractivity contribution in [3.8, 4) is 5.75 Å². The van der Waals surface area contributed by atoms with Gasteiger partial charge in [0.15, 0.2) is 0 Å². The summed E-state index contributed by atoms with van der Waals surface area (Å²) in [6, 6.07) is 3.02. The molecule has 1 atom stereocenters. The lowest BCUT2D eigenvalue weighted by Gasteiger charge is -2.32. The van der Waals surface area contributed by atoms with Crippen LogP contribution in [0.2, 0.25) is 0 Å². The second kappa shape index (κ2) is 5.49. The second-order valence-corrected chi connectivity index (χ2v) is 5.11. The summed E-state index contributed by atoms with van der Waals surface area (Å²) >= 11 is 3.09. The highest BCUT2D eigenvalue weighted by Gasteiger charge is 2.35. The van der Waals surface area contributed by atoms with Crippen LogP contribution in [0.5, 0.6) is 5.75 Å². The number of hydrogen-bond donors (Lipinski definition) is 3. The van der Waals surface area contributed by atoms with Crippen molar-refractivity contribution in [3.63, 3.8) is 0 Å². The molecule has 0 saturated carbocycles. The van der Waals surface area contributed by atoms with Crippen LogP contribution in [0.15, 0.2) is 22.7 Å². The lowest BCUT2D eigenvalue weighted by molar-refractivity contribution is -0.144. The Balaban J connectivity index is 2.31. The molecule has 0 bridgehead atoms. The standard InChI is InChI=1S/C12H11BrN2O5/c13-7-2-1-6(3-9(7)16)11(18)15-5-10(17)14-4-8(15)12(19)20/h1-3,8,16H,4-5H2,(H,14,17)(H,19,20). The first kappa shape index (κ1) is 14.3. The van der Waals surface area contributed by atoms with Gasteiger partial charge < -0.3 is 20.4 Å². The van der Waals surface area contributed by atoms with E-state index >= 15 is 0 Å². The number of nitrogens with one attached hydrogen (secondary N) is 1. The van der Waals surface area contributed by atoms with E-state index < -0.39 is 23.8 Å². The molecule has 0 aromatic heterocycles. The molecule has 0 radical (unpaired) electrons. The van der Waals surface area contributed by atoms with Crippen LogP contribution in [0, 0.1) is 0 Å². The van der Waals surface area contributed by atoms with E-state index in [4.69, 9.17) is 5.11 Å². The number of aromatic hydroxyl groups is 1. The zero-order valence-corrected chi connectivity index (χ0v) is 11.8. The first-order valence-corrected chi connectivity index (χ1v) is 6.48. The van der Waals surface area contributed by atoms with Gasteiger partial charge in [-0.3, -0.25) is 9.59 Å². The molecule has 1 fully saturated rings. The summed E-state index contributed by atoms with van der Waals surface area (Å²) in [5.74, 6) is -2.36. The van der Waals surface area contributed by atoms with Gasteiger partial charge in [0.25, 0.3) is 5.91 Å². The summed E-state index contributed by atoms with van der Waals surface area (Å²) in [4.78, 5) is 35.7. The van der Waals surface area contributed by atoms with Crippen molar-refractivity contribution in [2.75, 3.05) is 13.1 Å². The number of hydrogen-bond acceptors (Lipinski definition) is 4. The number of aliphatic carboxylic acids is 1. The van der Waals surface area contributed by atoms with E-state index in [-0.39, 0.29) is 24.4 Å². The number of carboxylic acids is 1. The molecule has 1 saturated heterocycles. The topological polar surface area (TPSA) is 107 Å². The summed E-state index contributed by atoms with van der Waals surface area (Å²) < 4.78 is 0.417. The van der Waals surface area contributed by atoms with E-state index in [9.17, 15) is 19.5 Å². The van der Waals surface area contributed by atoms with Gasteiger partial charge in [-0.25, -0.2) is 4.79 Å². The average Bonchev–Trinajstić information content (AvgIpc) is 2.40. The van der Waals surface area contributed by atoms with Gasteiger partial charge in [0.2, 0.25) is 5.91 Å². The van der Waals surface area contributed by atoms with Crippen LogP contribution in [0.4, 0.5) is 0 Å². The van der Waals surface area contributed by atoms with Crippen molar-refractivity contribution in [2.24, 2.45) is 0 Å². The Morgan fingerprint density at radius 2 is 2.10 bits per heavy atom. The predicted molar refractivity (Wildman–Crippen MR) is 71.3 cm³/mol. The molecule has 20 heavy (non-hydrogen) atoms. The number of phenols is 1. The zero-order valence-electron chi connectivity index (χ0n) is 10.2. The lowest BCUT2D eigenvalue weighted by atomic mass is 10.1. The van der Waals surface area contributed by atoms with Crippen molar-refractivity contribution in [2.45, 2.75) is 6.04 Å². The number of benzene rings is 1. The number of halogens is 1. The maximum Gasteiger partial charge on any atom is 0.328 e. The molecule has 1 aromatic carbocycles.